The van der Waals surface area contributed by atoms with Gasteiger partial charge < -0.3 is 9.47 Å². The number of hydrogen-bond acceptors (Lipinski definition) is 5. The molecule has 8 heteroatoms. The number of ketones is 1. The molecule has 0 aromatic heterocycles. The van der Waals surface area contributed by atoms with Crippen LogP contribution in [0.1, 0.15) is 62.4 Å². The topological polar surface area (TPSA) is 69.7 Å². The molecule has 1 aliphatic carbocycles. The van der Waals surface area contributed by atoms with E-state index in [1.807, 2.05) is 27.7 Å². The van der Waals surface area contributed by atoms with E-state index < -0.39 is 30.1 Å². The van der Waals surface area contributed by atoms with E-state index in [1.165, 1.54) is 24.3 Å². The number of rotatable bonds is 6. The average Bonchev–Trinajstić information content (AvgIpc) is 2.99. The summed E-state index contributed by atoms with van der Waals surface area (Å²) in [5.41, 5.74) is 0.321. The molecule has 1 saturated carbocycles. The summed E-state index contributed by atoms with van der Waals surface area (Å²) in [6.07, 6.45) is -4.74. The minimum absolute atomic E-state index is 0.0906. The van der Waals surface area contributed by atoms with Crippen LogP contribution in [0.25, 0.3) is 0 Å². The molecule has 5 nitrogen and oxygen atoms in total. The second-order valence-corrected chi connectivity index (χ2v) is 7.94. The minimum atomic E-state index is -5.06. The zero-order chi connectivity index (χ0) is 21.9. The van der Waals surface area contributed by atoms with Gasteiger partial charge in [-0.2, -0.15) is 0 Å². The quantitative estimate of drug-likeness (QED) is 0.501. The molecule has 0 bridgehead atoms. The highest BCUT2D eigenvalue weighted by Crippen LogP contribution is 2.39. The van der Waals surface area contributed by atoms with Crippen molar-refractivity contribution in [2.75, 3.05) is 0 Å². The Kier molecular flexibility index (Phi) is 7.08. The molecule has 29 heavy (non-hydrogen) atoms. The van der Waals surface area contributed by atoms with Gasteiger partial charge in [0.05, 0.1) is 5.56 Å². The van der Waals surface area contributed by atoms with Gasteiger partial charge in [0.15, 0.2) is 0 Å². The largest absolute Gasteiger partial charge is 0.575 e. The fraction of sp³-hybridized carbons (Fsp3) is 0.571. The zero-order valence-electron chi connectivity index (χ0n) is 16.8. The molecule has 0 N–H and O–H groups in total. The lowest BCUT2D eigenvalue weighted by molar-refractivity contribution is -0.291. The van der Waals surface area contributed by atoms with Crippen LogP contribution in [0.2, 0.25) is 0 Å². The molecule has 1 aliphatic rings. The lowest BCUT2D eigenvalue weighted by Gasteiger charge is -2.27. The van der Waals surface area contributed by atoms with Crippen LogP contribution in [0.4, 0.5) is 13.2 Å². The maximum absolute atomic E-state index is 12.7. The number of Topliss-reactive ketones (excluding diaryl/α,β-unsaturated/α-hetero) is 1. The van der Waals surface area contributed by atoms with Gasteiger partial charge in [-0.3, -0.25) is 9.59 Å². The van der Waals surface area contributed by atoms with Crippen molar-refractivity contribution >= 4 is 17.7 Å². The van der Waals surface area contributed by atoms with Crippen molar-refractivity contribution in [3.8, 4) is 0 Å². The van der Waals surface area contributed by atoms with Crippen LogP contribution in [0.5, 0.6) is 0 Å². The van der Waals surface area contributed by atoms with E-state index in [1.54, 1.807) is 0 Å². The second kappa shape index (κ2) is 8.97. The highest BCUT2D eigenvalue weighted by Gasteiger charge is 2.43. The van der Waals surface area contributed by atoms with Crippen molar-refractivity contribution in [2.45, 2.75) is 58.9 Å². The van der Waals surface area contributed by atoms with E-state index in [-0.39, 0.29) is 35.7 Å². The first-order chi connectivity index (χ1) is 13.4. The van der Waals surface area contributed by atoms with Gasteiger partial charge in [0, 0.05) is 12.3 Å². The molecule has 160 valence electrons. The molecule has 0 amide bonds. The molecule has 1 aromatic carbocycles. The standard InChI is InChI=1S/C21H25F3O5/c1-11(2)18(12(3)4)28-20(27)17-15(9-10-16(17)25)13-5-7-14(8-6-13)19(26)29-21(22,23)24/h5-8,11-12,15,17-18H,9-10H2,1-4H3/t15-,17-/m0/s1. The molecular weight excluding hydrogens is 389 g/mol. The number of esters is 2. The van der Waals surface area contributed by atoms with E-state index in [2.05, 4.69) is 4.74 Å². The van der Waals surface area contributed by atoms with Crippen LogP contribution in [0, 0.1) is 17.8 Å². The maximum Gasteiger partial charge on any atom is 0.575 e. The van der Waals surface area contributed by atoms with Crippen molar-refractivity contribution in [1.29, 1.82) is 0 Å². The molecule has 0 heterocycles. The first kappa shape index (κ1) is 22.9. The maximum atomic E-state index is 12.7. The highest BCUT2D eigenvalue weighted by molar-refractivity contribution is 6.02. The van der Waals surface area contributed by atoms with E-state index in [0.717, 1.165) is 0 Å². The van der Waals surface area contributed by atoms with Crippen molar-refractivity contribution in [3.63, 3.8) is 0 Å². The van der Waals surface area contributed by atoms with Gasteiger partial charge in [-0.15, -0.1) is 13.2 Å². The van der Waals surface area contributed by atoms with Crippen molar-refractivity contribution < 1.29 is 37.0 Å². The lowest BCUT2D eigenvalue weighted by atomic mass is 9.87. The third-order valence-electron chi connectivity index (χ3n) is 5.05. The monoisotopic (exact) mass is 414 g/mol. The second-order valence-electron chi connectivity index (χ2n) is 7.94. The lowest BCUT2D eigenvalue weighted by Crippen LogP contribution is -2.34. The van der Waals surface area contributed by atoms with Gasteiger partial charge in [-0.25, -0.2) is 4.79 Å². The molecule has 1 aromatic rings. The summed E-state index contributed by atoms with van der Waals surface area (Å²) in [6.45, 7) is 7.74. The van der Waals surface area contributed by atoms with Crippen LogP contribution in [-0.4, -0.2) is 30.2 Å². The third-order valence-corrected chi connectivity index (χ3v) is 5.05. The van der Waals surface area contributed by atoms with Gasteiger partial charge in [-0.1, -0.05) is 39.8 Å². The number of halogens is 3. The van der Waals surface area contributed by atoms with Crippen LogP contribution >= 0.6 is 0 Å². The summed E-state index contributed by atoms with van der Waals surface area (Å²) in [4.78, 5) is 36.6. The van der Waals surface area contributed by atoms with E-state index in [9.17, 15) is 27.6 Å². The molecule has 0 saturated heterocycles. The number of alkyl halides is 3. The van der Waals surface area contributed by atoms with Crippen molar-refractivity contribution in [2.24, 2.45) is 17.8 Å². The fourth-order valence-electron chi connectivity index (χ4n) is 3.78. The van der Waals surface area contributed by atoms with Gasteiger partial charge in [0.1, 0.15) is 17.8 Å². The van der Waals surface area contributed by atoms with Gasteiger partial charge >= 0.3 is 18.3 Å². The average molecular weight is 414 g/mol. The Labute approximate surface area is 167 Å². The molecule has 0 aliphatic heterocycles. The summed E-state index contributed by atoms with van der Waals surface area (Å²) in [7, 11) is 0. The number of carbonyl (C=O) groups excluding carboxylic acids is 3. The van der Waals surface area contributed by atoms with Crippen LogP contribution < -0.4 is 0 Å². The summed E-state index contributed by atoms with van der Waals surface area (Å²) in [5.74, 6) is -3.53. The van der Waals surface area contributed by atoms with Crippen LogP contribution in [-0.2, 0) is 19.1 Å². The SMILES string of the molecule is CC(C)C(OC(=O)[C@@H]1C(=O)CC[C@H]1c1ccc(C(=O)OC(F)(F)F)cc1)C(C)C. The van der Waals surface area contributed by atoms with Crippen LogP contribution in [0.3, 0.4) is 0 Å². The number of ether oxygens (including phenoxy) is 2. The Bertz CT molecular complexity index is 745. The summed E-state index contributed by atoms with van der Waals surface area (Å²) >= 11 is 0. The summed E-state index contributed by atoms with van der Waals surface area (Å²) in [6, 6.07) is 5.27. The fourth-order valence-corrected chi connectivity index (χ4v) is 3.78. The molecule has 2 atom stereocenters. The first-order valence-corrected chi connectivity index (χ1v) is 9.54. The van der Waals surface area contributed by atoms with E-state index >= 15 is 0 Å². The van der Waals surface area contributed by atoms with Gasteiger partial charge in [0.25, 0.3) is 0 Å². The first-order valence-electron chi connectivity index (χ1n) is 9.54. The van der Waals surface area contributed by atoms with Crippen molar-refractivity contribution in [3.05, 3.63) is 35.4 Å². The van der Waals surface area contributed by atoms with E-state index in [0.29, 0.717) is 12.0 Å². The molecule has 0 unspecified atom stereocenters. The molecule has 0 radical (unpaired) electrons. The molecule has 1 fully saturated rings. The smallest absolute Gasteiger partial charge is 0.461 e. The Morgan fingerprint density at radius 1 is 1.03 bits per heavy atom. The normalized spacial score (nSPS) is 19.9. The number of hydrogen-bond donors (Lipinski definition) is 0. The zero-order valence-corrected chi connectivity index (χ0v) is 16.8. The van der Waals surface area contributed by atoms with Gasteiger partial charge in [0.2, 0.25) is 0 Å². The summed E-state index contributed by atoms with van der Waals surface area (Å²) in [5, 5.41) is 0. The Morgan fingerprint density at radius 2 is 1.59 bits per heavy atom. The minimum Gasteiger partial charge on any atom is -0.461 e. The molecular formula is C21H25F3O5. The molecule has 0 spiro atoms. The Morgan fingerprint density at radius 3 is 2.07 bits per heavy atom. The highest BCUT2D eigenvalue weighted by atomic mass is 19.4. The number of carbonyl (C=O) groups is 3. The molecule has 2 rings (SSSR count). The van der Waals surface area contributed by atoms with Crippen molar-refractivity contribution in [1.82, 2.24) is 0 Å². The Hall–Kier alpha value is -2.38. The van der Waals surface area contributed by atoms with Gasteiger partial charge in [-0.05, 0) is 36.0 Å². The summed E-state index contributed by atoms with van der Waals surface area (Å²) < 4.78 is 45.6. The third kappa shape index (κ3) is 5.81. The predicted molar refractivity (Wildman–Crippen MR) is 97.9 cm³/mol. The van der Waals surface area contributed by atoms with Crippen LogP contribution in [0.15, 0.2) is 24.3 Å². The predicted octanol–water partition coefficient (Wildman–Crippen LogP) is 4.65. The van der Waals surface area contributed by atoms with E-state index in [4.69, 9.17) is 4.74 Å². The Balaban J connectivity index is 2.17. The number of benzene rings is 1.